The van der Waals surface area contributed by atoms with E-state index in [4.69, 9.17) is 4.74 Å². The Morgan fingerprint density at radius 3 is 2.62 bits per heavy atom. The molecule has 6 heteroatoms. The molecule has 0 aromatic heterocycles. The fourth-order valence-corrected chi connectivity index (χ4v) is 4.72. The topological polar surface area (TPSA) is 66.8 Å². The van der Waals surface area contributed by atoms with Gasteiger partial charge in [0.05, 0.1) is 30.8 Å². The molecule has 1 aliphatic heterocycles. The molecule has 1 heterocycles. The van der Waals surface area contributed by atoms with E-state index in [0.29, 0.717) is 0 Å². The molecular weight excluding hydrogens is 290 g/mol. The van der Waals surface area contributed by atoms with Crippen molar-refractivity contribution in [1.82, 2.24) is 4.90 Å². The highest BCUT2D eigenvalue weighted by Gasteiger charge is 2.39. The van der Waals surface area contributed by atoms with Crippen molar-refractivity contribution >= 4 is 9.84 Å². The molecule has 0 bridgehead atoms. The van der Waals surface area contributed by atoms with Gasteiger partial charge in [-0.1, -0.05) is 18.2 Å². The number of ether oxygens (including phenoxy) is 1. The number of para-hydroxylation sites is 1. The van der Waals surface area contributed by atoms with Crippen LogP contribution in [0.25, 0.3) is 0 Å². The molecule has 0 radical (unpaired) electrons. The SMILES string of the molecule is COc1ccccc1CC(C)N(C)C1CS(=O)(=O)CC1O. The van der Waals surface area contributed by atoms with Crippen molar-refractivity contribution in [2.24, 2.45) is 0 Å². The van der Waals surface area contributed by atoms with Gasteiger partial charge in [-0.3, -0.25) is 4.90 Å². The van der Waals surface area contributed by atoms with Gasteiger partial charge in [0.2, 0.25) is 0 Å². The number of sulfone groups is 1. The standard InChI is InChI=1S/C15H23NO4S/c1-11(8-12-6-4-5-7-15(12)20-3)16(2)13-9-21(18,19)10-14(13)17/h4-7,11,13-14,17H,8-10H2,1-3H3. The number of benzene rings is 1. The van der Waals surface area contributed by atoms with Crippen LogP contribution in [0, 0.1) is 0 Å². The summed E-state index contributed by atoms with van der Waals surface area (Å²) in [6.45, 7) is 2.03. The summed E-state index contributed by atoms with van der Waals surface area (Å²) in [5.74, 6) is 0.724. The van der Waals surface area contributed by atoms with Gasteiger partial charge in [0.25, 0.3) is 0 Å². The van der Waals surface area contributed by atoms with Crippen molar-refractivity contribution in [2.75, 3.05) is 25.7 Å². The summed E-state index contributed by atoms with van der Waals surface area (Å²) in [6, 6.07) is 7.57. The minimum atomic E-state index is -3.13. The number of hydrogen-bond acceptors (Lipinski definition) is 5. The molecule has 3 unspecified atom stereocenters. The lowest BCUT2D eigenvalue weighted by molar-refractivity contribution is 0.0776. The smallest absolute Gasteiger partial charge is 0.154 e. The number of aliphatic hydroxyl groups excluding tert-OH is 1. The minimum absolute atomic E-state index is 0.0287. The van der Waals surface area contributed by atoms with Gasteiger partial charge in [-0.25, -0.2) is 8.42 Å². The second-order valence-corrected chi connectivity index (χ2v) is 7.90. The van der Waals surface area contributed by atoms with Gasteiger partial charge in [-0.2, -0.15) is 0 Å². The van der Waals surface area contributed by atoms with Crippen molar-refractivity contribution in [3.05, 3.63) is 29.8 Å². The van der Waals surface area contributed by atoms with Crippen LogP contribution in [0.1, 0.15) is 12.5 Å². The average molecular weight is 313 g/mol. The van der Waals surface area contributed by atoms with Crippen molar-refractivity contribution < 1.29 is 18.3 Å². The molecule has 3 atom stereocenters. The Bertz CT molecular complexity index is 587. The van der Waals surface area contributed by atoms with E-state index in [9.17, 15) is 13.5 Å². The molecule has 0 aliphatic carbocycles. The van der Waals surface area contributed by atoms with Crippen LogP contribution in [-0.2, 0) is 16.3 Å². The molecule has 0 spiro atoms. The predicted octanol–water partition coefficient (Wildman–Crippen LogP) is 0.716. The van der Waals surface area contributed by atoms with Crippen LogP contribution in [0.2, 0.25) is 0 Å². The number of nitrogens with zero attached hydrogens (tertiary/aromatic N) is 1. The van der Waals surface area contributed by atoms with E-state index in [1.165, 1.54) is 0 Å². The molecule has 1 aromatic rings. The van der Waals surface area contributed by atoms with Gasteiger partial charge in [0.1, 0.15) is 5.75 Å². The fraction of sp³-hybridized carbons (Fsp3) is 0.600. The van der Waals surface area contributed by atoms with Gasteiger partial charge in [-0.05, 0) is 32.0 Å². The maximum atomic E-state index is 11.6. The largest absolute Gasteiger partial charge is 0.496 e. The van der Waals surface area contributed by atoms with Gasteiger partial charge in [0, 0.05) is 6.04 Å². The monoisotopic (exact) mass is 313 g/mol. The summed E-state index contributed by atoms with van der Waals surface area (Å²) in [7, 11) is 0.384. The second-order valence-electron chi connectivity index (χ2n) is 5.74. The highest BCUT2D eigenvalue weighted by Crippen LogP contribution is 2.24. The van der Waals surface area contributed by atoms with E-state index in [0.717, 1.165) is 17.7 Å². The number of likely N-dealkylation sites (N-methyl/N-ethyl adjacent to an activating group) is 1. The third kappa shape index (κ3) is 3.75. The van der Waals surface area contributed by atoms with Gasteiger partial charge in [0.15, 0.2) is 9.84 Å². The number of methoxy groups -OCH3 is 1. The Morgan fingerprint density at radius 2 is 2.05 bits per heavy atom. The molecule has 21 heavy (non-hydrogen) atoms. The van der Waals surface area contributed by atoms with E-state index < -0.39 is 15.9 Å². The average Bonchev–Trinajstić information content (AvgIpc) is 2.71. The molecular formula is C15H23NO4S. The van der Waals surface area contributed by atoms with Gasteiger partial charge in [-0.15, -0.1) is 0 Å². The molecule has 2 rings (SSSR count). The van der Waals surface area contributed by atoms with Gasteiger partial charge < -0.3 is 9.84 Å². The lowest BCUT2D eigenvalue weighted by atomic mass is 10.0. The molecule has 0 amide bonds. The zero-order valence-corrected chi connectivity index (χ0v) is 13.5. The van der Waals surface area contributed by atoms with Crippen molar-refractivity contribution in [3.8, 4) is 5.75 Å². The van der Waals surface area contributed by atoms with Crippen molar-refractivity contribution in [2.45, 2.75) is 31.5 Å². The van der Waals surface area contributed by atoms with Crippen LogP contribution in [0.3, 0.4) is 0 Å². The second kappa shape index (κ2) is 6.34. The number of rotatable bonds is 5. The van der Waals surface area contributed by atoms with Crippen LogP contribution in [-0.4, -0.2) is 62.3 Å². The van der Waals surface area contributed by atoms with E-state index >= 15 is 0 Å². The molecule has 1 fully saturated rings. The van der Waals surface area contributed by atoms with Crippen LogP contribution >= 0.6 is 0 Å². The first-order valence-corrected chi connectivity index (χ1v) is 8.88. The predicted molar refractivity (Wildman–Crippen MR) is 82.4 cm³/mol. The number of aliphatic hydroxyl groups is 1. The highest BCUT2D eigenvalue weighted by molar-refractivity contribution is 7.91. The third-order valence-corrected chi connectivity index (χ3v) is 5.92. The quantitative estimate of drug-likeness (QED) is 0.867. The molecule has 1 aromatic carbocycles. The summed E-state index contributed by atoms with van der Waals surface area (Å²) in [5, 5.41) is 9.97. The van der Waals surface area contributed by atoms with E-state index in [1.807, 2.05) is 43.1 Å². The molecule has 118 valence electrons. The van der Waals surface area contributed by atoms with Crippen LogP contribution in [0.5, 0.6) is 5.75 Å². The van der Waals surface area contributed by atoms with E-state index in [1.54, 1.807) is 7.11 Å². The Balaban J connectivity index is 2.08. The van der Waals surface area contributed by atoms with Crippen LogP contribution < -0.4 is 4.74 Å². The molecule has 1 N–H and O–H groups in total. The highest BCUT2D eigenvalue weighted by atomic mass is 32.2. The van der Waals surface area contributed by atoms with Crippen molar-refractivity contribution in [1.29, 1.82) is 0 Å². The fourth-order valence-electron chi connectivity index (χ4n) is 2.86. The maximum absolute atomic E-state index is 11.6. The maximum Gasteiger partial charge on any atom is 0.154 e. The summed E-state index contributed by atoms with van der Waals surface area (Å²) in [4.78, 5) is 1.96. The Kier molecular flexibility index (Phi) is 4.91. The third-order valence-electron chi connectivity index (χ3n) is 4.22. The lowest BCUT2D eigenvalue weighted by Crippen LogP contribution is -2.46. The zero-order chi connectivity index (χ0) is 15.6. The summed E-state index contributed by atoms with van der Waals surface area (Å²) >= 11 is 0. The van der Waals surface area contributed by atoms with Gasteiger partial charge >= 0.3 is 0 Å². The first-order valence-electron chi connectivity index (χ1n) is 7.06. The summed E-state index contributed by atoms with van der Waals surface area (Å²) < 4.78 is 28.6. The van der Waals surface area contributed by atoms with E-state index in [-0.39, 0.29) is 23.6 Å². The first kappa shape index (κ1) is 16.3. The Morgan fingerprint density at radius 1 is 1.38 bits per heavy atom. The van der Waals surface area contributed by atoms with E-state index in [2.05, 4.69) is 0 Å². The summed E-state index contributed by atoms with van der Waals surface area (Å²) in [5.41, 5.74) is 1.08. The molecule has 0 saturated carbocycles. The van der Waals surface area contributed by atoms with Crippen LogP contribution in [0.15, 0.2) is 24.3 Å². The lowest BCUT2D eigenvalue weighted by Gasteiger charge is -2.32. The molecule has 5 nitrogen and oxygen atoms in total. The minimum Gasteiger partial charge on any atom is -0.496 e. The normalized spacial score (nSPS) is 26.0. The van der Waals surface area contributed by atoms with Crippen LogP contribution in [0.4, 0.5) is 0 Å². The molecule has 1 aliphatic rings. The Labute approximate surface area is 126 Å². The first-order chi connectivity index (χ1) is 9.84. The number of hydrogen-bond donors (Lipinski definition) is 1. The van der Waals surface area contributed by atoms with Crippen molar-refractivity contribution in [3.63, 3.8) is 0 Å². The zero-order valence-electron chi connectivity index (χ0n) is 12.7. The summed E-state index contributed by atoms with van der Waals surface area (Å²) in [6.07, 6.45) is -0.0656. The molecule has 1 saturated heterocycles. The Hall–Kier alpha value is -1.11.